The summed E-state index contributed by atoms with van der Waals surface area (Å²) in [6, 6.07) is 8.43. The van der Waals surface area contributed by atoms with Gasteiger partial charge in [-0.15, -0.1) is 0 Å². The van der Waals surface area contributed by atoms with E-state index in [1.807, 2.05) is 45.0 Å². The molecule has 43 heavy (non-hydrogen) atoms. The fourth-order valence-corrected chi connectivity index (χ4v) is 4.66. The van der Waals surface area contributed by atoms with Crippen molar-refractivity contribution in [3.05, 3.63) is 59.0 Å². The molecule has 0 atom stereocenters. The van der Waals surface area contributed by atoms with Gasteiger partial charge in [0.1, 0.15) is 22.8 Å². The first-order valence-electron chi connectivity index (χ1n) is 13.9. The standard InChI is InChI=1S/C29H38N10O4/c1-7-39-22(13-18(2)35-39)27(41)34-28-33-21-14-20(26(30)40)15-23(43-6)25(21)38(28)12-8-11-31-29(42)37(5)17-19-9-10-24(32-16-19)36(3)4/h9-10,13-16H,7-8,11-12,17H2,1-6H3,(H2,30,40)(H,31,42)(H,33,34,41). The fraction of sp³-hybridized carbons (Fsp3) is 0.379. The summed E-state index contributed by atoms with van der Waals surface area (Å²) in [4.78, 5) is 50.5. The van der Waals surface area contributed by atoms with Gasteiger partial charge in [0.05, 0.1) is 18.3 Å². The summed E-state index contributed by atoms with van der Waals surface area (Å²) in [5.41, 5.74) is 8.79. The lowest BCUT2D eigenvalue weighted by molar-refractivity contribution is 0.0995. The highest BCUT2D eigenvalue weighted by Crippen LogP contribution is 2.31. The molecule has 0 saturated carbocycles. The van der Waals surface area contributed by atoms with Crippen LogP contribution in [0, 0.1) is 6.92 Å². The van der Waals surface area contributed by atoms with Gasteiger partial charge in [-0.3, -0.25) is 19.6 Å². The minimum Gasteiger partial charge on any atom is -0.494 e. The number of nitrogens with two attached hydrogens (primary N) is 1. The summed E-state index contributed by atoms with van der Waals surface area (Å²) in [6.07, 6.45) is 2.27. The first-order valence-corrected chi connectivity index (χ1v) is 13.9. The van der Waals surface area contributed by atoms with Crippen molar-refractivity contribution in [2.45, 2.75) is 39.9 Å². The highest BCUT2D eigenvalue weighted by Gasteiger charge is 2.21. The molecule has 4 amide bonds. The fourth-order valence-electron chi connectivity index (χ4n) is 4.66. The van der Waals surface area contributed by atoms with E-state index in [0.29, 0.717) is 55.1 Å². The number of fused-ring (bicyclic) bond motifs is 1. The van der Waals surface area contributed by atoms with Crippen LogP contribution in [0.3, 0.4) is 0 Å². The molecule has 0 aliphatic carbocycles. The van der Waals surface area contributed by atoms with E-state index in [1.54, 1.807) is 45.6 Å². The van der Waals surface area contributed by atoms with E-state index in [-0.39, 0.29) is 23.5 Å². The monoisotopic (exact) mass is 590 g/mol. The molecule has 0 aliphatic heterocycles. The highest BCUT2D eigenvalue weighted by molar-refractivity contribution is 6.04. The number of hydrogen-bond acceptors (Lipinski definition) is 8. The lowest BCUT2D eigenvalue weighted by Crippen LogP contribution is -2.37. The number of primary amides is 1. The third-order valence-electron chi connectivity index (χ3n) is 6.84. The van der Waals surface area contributed by atoms with Gasteiger partial charge >= 0.3 is 6.03 Å². The van der Waals surface area contributed by atoms with E-state index in [9.17, 15) is 14.4 Å². The number of carbonyl (C=O) groups excluding carboxylic acids is 3. The summed E-state index contributed by atoms with van der Waals surface area (Å²) in [6.45, 7) is 5.38. The van der Waals surface area contributed by atoms with Crippen molar-refractivity contribution in [2.24, 2.45) is 5.73 Å². The number of benzene rings is 1. The first kappa shape index (κ1) is 30.8. The van der Waals surface area contributed by atoms with Gasteiger partial charge in [0, 0.05) is 59.1 Å². The normalized spacial score (nSPS) is 10.9. The second-order valence-corrected chi connectivity index (χ2v) is 10.3. The van der Waals surface area contributed by atoms with Crippen LogP contribution in [0.1, 0.15) is 45.4 Å². The predicted molar refractivity (Wildman–Crippen MR) is 163 cm³/mol. The summed E-state index contributed by atoms with van der Waals surface area (Å²) < 4.78 is 8.98. The molecular weight excluding hydrogens is 552 g/mol. The maximum atomic E-state index is 13.3. The van der Waals surface area contributed by atoms with Gasteiger partial charge in [-0.05, 0) is 50.1 Å². The number of urea groups is 1. The number of imidazole rings is 1. The van der Waals surface area contributed by atoms with Gasteiger partial charge in [-0.25, -0.2) is 14.8 Å². The number of carbonyl (C=O) groups is 3. The maximum absolute atomic E-state index is 13.3. The maximum Gasteiger partial charge on any atom is 0.317 e. The Bertz CT molecular complexity index is 1620. The number of nitrogens with one attached hydrogen (secondary N) is 2. The molecule has 0 radical (unpaired) electrons. The van der Waals surface area contributed by atoms with Crippen LogP contribution in [-0.4, -0.2) is 81.9 Å². The minimum absolute atomic E-state index is 0.229. The van der Waals surface area contributed by atoms with E-state index in [0.717, 1.165) is 17.1 Å². The lowest BCUT2D eigenvalue weighted by Gasteiger charge is -2.19. The average molecular weight is 591 g/mol. The molecule has 0 unspecified atom stereocenters. The Kier molecular flexibility index (Phi) is 9.48. The van der Waals surface area contributed by atoms with Crippen LogP contribution in [0.2, 0.25) is 0 Å². The SMILES string of the molecule is CCn1nc(C)cc1C(=O)Nc1nc2cc(C(N)=O)cc(OC)c2n1CCCNC(=O)N(C)Cc1ccc(N(C)C)nc1. The number of methoxy groups -OCH3 is 1. The molecule has 14 nitrogen and oxygen atoms in total. The Hall–Kier alpha value is -5.14. The van der Waals surface area contributed by atoms with Gasteiger partial charge in [-0.2, -0.15) is 5.10 Å². The Labute approximate surface area is 249 Å². The van der Waals surface area contributed by atoms with Crippen LogP contribution in [0.4, 0.5) is 16.6 Å². The van der Waals surface area contributed by atoms with E-state index in [2.05, 4.69) is 25.7 Å². The summed E-state index contributed by atoms with van der Waals surface area (Å²) >= 11 is 0. The summed E-state index contributed by atoms with van der Waals surface area (Å²) in [5.74, 6) is 0.479. The molecule has 4 aromatic rings. The topological polar surface area (TPSA) is 166 Å². The lowest BCUT2D eigenvalue weighted by atomic mass is 10.1. The zero-order valence-electron chi connectivity index (χ0n) is 25.3. The molecule has 228 valence electrons. The third kappa shape index (κ3) is 7.02. The van der Waals surface area contributed by atoms with Crippen LogP contribution < -0.4 is 26.0 Å². The van der Waals surface area contributed by atoms with E-state index >= 15 is 0 Å². The number of amides is 4. The number of aromatic nitrogens is 5. The number of anilines is 2. The third-order valence-corrected chi connectivity index (χ3v) is 6.84. The molecule has 0 bridgehead atoms. The van der Waals surface area contributed by atoms with Crippen molar-refractivity contribution >= 4 is 40.6 Å². The van der Waals surface area contributed by atoms with Crippen LogP contribution >= 0.6 is 0 Å². The van der Waals surface area contributed by atoms with Crippen molar-refractivity contribution in [1.29, 1.82) is 0 Å². The Morgan fingerprint density at radius 1 is 1.12 bits per heavy atom. The van der Waals surface area contributed by atoms with Crippen molar-refractivity contribution < 1.29 is 19.1 Å². The number of nitrogens with zero attached hydrogens (tertiary/aromatic N) is 7. The second-order valence-electron chi connectivity index (χ2n) is 10.3. The smallest absolute Gasteiger partial charge is 0.317 e. The molecule has 3 heterocycles. The van der Waals surface area contributed by atoms with Gasteiger partial charge < -0.3 is 30.2 Å². The van der Waals surface area contributed by atoms with Crippen molar-refractivity contribution in [1.82, 2.24) is 34.5 Å². The summed E-state index contributed by atoms with van der Waals surface area (Å²) in [5, 5.41) is 10.2. The van der Waals surface area contributed by atoms with Crippen molar-refractivity contribution in [3.63, 3.8) is 0 Å². The number of aryl methyl sites for hydroxylation is 3. The number of ether oxygens (including phenoxy) is 1. The number of rotatable bonds is 12. The van der Waals surface area contributed by atoms with E-state index in [1.165, 1.54) is 7.11 Å². The Balaban J connectivity index is 1.50. The largest absolute Gasteiger partial charge is 0.494 e. The molecular formula is C29H38N10O4. The number of pyridine rings is 1. The second kappa shape index (κ2) is 13.2. The zero-order valence-corrected chi connectivity index (χ0v) is 25.3. The van der Waals surface area contributed by atoms with Gasteiger partial charge in [-0.1, -0.05) is 6.07 Å². The molecule has 0 saturated heterocycles. The Morgan fingerprint density at radius 3 is 2.51 bits per heavy atom. The van der Waals surface area contributed by atoms with Gasteiger partial charge in [0.15, 0.2) is 0 Å². The molecule has 4 N–H and O–H groups in total. The zero-order chi connectivity index (χ0) is 31.3. The van der Waals surface area contributed by atoms with Crippen molar-refractivity contribution in [3.8, 4) is 5.75 Å². The predicted octanol–water partition coefficient (Wildman–Crippen LogP) is 2.61. The first-order chi connectivity index (χ1) is 20.5. The Morgan fingerprint density at radius 2 is 1.88 bits per heavy atom. The molecule has 4 rings (SSSR count). The molecule has 3 aromatic heterocycles. The minimum atomic E-state index is -0.626. The molecule has 0 spiro atoms. The molecule has 14 heteroatoms. The van der Waals surface area contributed by atoms with Crippen molar-refractivity contribution in [2.75, 3.05) is 45.0 Å². The average Bonchev–Trinajstić information content (AvgIpc) is 3.54. The van der Waals surface area contributed by atoms with Crippen LogP contribution in [0.5, 0.6) is 5.75 Å². The van der Waals surface area contributed by atoms with Crippen LogP contribution in [-0.2, 0) is 19.6 Å². The molecule has 1 aromatic carbocycles. The molecule has 0 aliphatic rings. The van der Waals surface area contributed by atoms with Gasteiger partial charge in [0.25, 0.3) is 5.91 Å². The van der Waals surface area contributed by atoms with Crippen LogP contribution in [0.25, 0.3) is 11.0 Å². The van der Waals surface area contributed by atoms with Crippen LogP contribution in [0.15, 0.2) is 36.5 Å². The highest BCUT2D eigenvalue weighted by atomic mass is 16.5. The number of hydrogen-bond donors (Lipinski definition) is 3. The quantitative estimate of drug-likeness (QED) is 0.212. The van der Waals surface area contributed by atoms with E-state index in [4.69, 9.17) is 10.5 Å². The van der Waals surface area contributed by atoms with Gasteiger partial charge in [0.2, 0.25) is 11.9 Å². The molecule has 0 fully saturated rings. The summed E-state index contributed by atoms with van der Waals surface area (Å²) in [7, 11) is 7.04. The van der Waals surface area contributed by atoms with E-state index < -0.39 is 5.91 Å².